The minimum absolute atomic E-state index is 0. The van der Waals surface area contributed by atoms with Crippen molar-refractivity contribution in [3.8, 4) is 0 Å². The molecule has 1 aliphatic rings. The van der Waals surface area contributed by atoms with E-state index in [2.05, 4.69) is 62.9 Å². The smallest absolute Gasteiger partial charge is 0.191 e. The summed E-state index contributed by atoms with van der Waals surface area (Å²) in [6.45, 7) is 7.83. The van der Waals surface area contributed by atoms with Gasteiger partial charge in [0.1, 0.15) is 5.60 Å². The Morgan fingerprint density at radius 3 is 2.71 bits per heavy atom. The number of hydrogen-bond donors (Lipinski definition) is 3. The Morgan fingerprint density at radius 1 is 1.26 bits per heavy atom. The molecule has 1 aliphatic heterocycles. The van der Waals surface area contributed by atoms with E-state index in [1.54, 1.807) is 17.8 Å². The molecule has 2 aromatic rings. The predicted molar refractivity (Wildman–Crippen MR) is 137 cm³/mol. The van der Waals surface area contributed by atoms with E-state index in [1.165, 1.54) is 24.8 Å². The average Bonchev–Trinajstić information content (AvgIpc) is 3.19. The van der Waals surface area contributed by atoms with Gasteiger partial charge in [-0.25, -0.2) is 4.99 Å². The van der Waals surface area contributed by atoms with Crippen molar-refractivity contribution in [2.45, 2.75) is 51.3 Å². The molecule has 0 amide bonds. The minimum Gasteiger partial charge on any atom is -0.383 e. The maximum absolute atomic E-state index is 10.8. The third-order valence-corrected chi connectivity index (χ3v) is 5.70. The Kier molecular flexibility index (Phi) is 10.2. The lowest BCUT2D eigenvalue weighted by Crippen LogP contribution is -2.49. The fourth-order valence-corrected chi connectivity index (χ4v) is 3.90. The highest BCUT2D eigenvalue weighted by Crippen LogP contribution is 2.21. The molecule has 3 N–H and O–H groups in total. The summed E-state index contributed by atoms with van der Waals surface area (Å²) < 4.78 is 1.70. The zero-order valence-corrected chi connectivity index (χ0v) is 21.3. The third kappa shape index (κ3) is 7.76. The Hall–Kier alpha value is -1.65. The van der Waals surface area contributed by atoms with Crippen LogP contribution in [0.5, 0.6) is 0 Å². The van der Waals surface area contributed by atoms with Gasteiger partial charge in [-0.15, -0.1) is 24.0 Å². The number of halogens is 1. The van der Waals surface area contributed by atoms with Crippen molar-refractivity contribution in [1.82, 2.24) is 25.3 Å². The molecule has 3 rings (SSSR count). The number of likely N-dealkylation sites (tertiary alicyclic amines) is 1. The van der Waals surface area contributed by atoms with Gasteiger partial charge in [-0.3, -0.25) is 9.58 Å². The monoisotopic (exact) mass is 540 g/mol. The molecule has 7 nitrogen and oxygen atoms in total. The zero-order chi connectivity index (χ0) is 21.4. The normalized spacial score (nSPS) is 19.4. The standard InChI is InChI=1S/C23H36N6O.HI/c1-4-24-22(26-18-23(2,30)20-14-27-28(3)17-20)25-15-21-12-8-9-13-29(21)16-19-10-6-5-7-11-19;/h5-7,10-11,14,17,21,30H,4,8-9,12-13,15-16,18H2,1-3H3,(H2,24,25,26);1H. The molecular weight excluding hydrogens is 503 g/mol. The Morgan fingerprint density at radius 2 is 2.03 bits per heavy atom. The van der Waals surface area contributed by atoms with Crippen LogP contribution in [0.2, 0.25) is 0 Å². The van der Waals surface area contributed by atoms with E-state index < -0.39 is 5.60 Å². The van der Waals surface area contributed by atoms with E-state index in [0.29, 0.717) is 6.04 Å². The van der Waals surface area contributed by atoms with Gasteiger partial charge < -0.3 is 15.7 Å². The van der Waals surface area contributed by atoms with Gasteiger partial charge in [-0.2, -0.15) is 5.10 Å². The number of benzene rings is 1. The van der Waals surface area contributed by atoms with Crippen LogP contribution < -0.4 is 10.6 Å². The topological polar surface area (TPSA) is 77.7 Å². The molecule has 2 atom stereocenters. The molecular formula is C23H37IN6O. The molecule has 2 unspecified atom stereocenters. The maximum atomic E-state index is 10.8. The molecule has 0 saturated carbocycles. The van der Waals surface area contributed by atoms with E-state index in [4.69, 9.17) is 0 Å². The number of rotatable bonds is 8. The first-order chi connectivity index (χ1) is 14.5. The highest BCUT2D eigenvalue weighted by Gasteiger charge is 2.25. The van der Waals surface area contributed by atoms with Crippen LogP contribution >= 0.6 is 24.0 Å². The number of hydrogen-bond acceptors (Lipinski definition) is 4. The molecule has 0 aliphatic carbocycles. The number of guanidine groups is 1. The van der Waals surface area contributed by atoms with Gasteiger partial charge in [0.05, 0.1) is 12.7 Å². The van der Waals surface area contributed by atoms with Gasteiger partial charge in [-0.05, 0) is 38.8 Å². The van der Waals surface area contributed by atoms with Crippen molar-refractivity contribution in [1.29, 1.82) is 0 Å². The second-order valence-corrected chi connectivity index (χ2v) is 8.36. The van der Waals surface area contributed by atoms with Crippen LogP contribution in [-0.2, 0) is 19.2 Å². The molecule has 8 heteroatoms. The number of aromatic nitrogens is 2. The van der Waals surface area contributed by atoms with Gasteiger partial charge in [0.2, 0.25) is 0 Å². The number of nitrogens with zero attached hydrogens (tertiary/aromatic N) is 4. The van der Waals surface area contributed by atoms with Gasteiger partial charge in [0.25, 0.3) is 0 Å². The van der Waals surface area contributed by atoms with Gasteiger partial charge >= 0.3 is 0 Å². The number of nitrogens with one attached hydrogen (secondary N) is 2. The Balaban J connectivity index is 0.00000341. The lowest BCUT2D eigenvalue weighted by Gasteiger charge is -2.36. The van der Waals surface area contributed by atoms with Gasteiger partial charge in [0, 0.05) is 44.5 Å². The lowest BCUT2D eigenvalue weighted by atomic mass is 10.00. The molecule has 1 aromatic carbocycles. The second-order valence-electron chi connectivity index (χ2n) is 8.36. The molecule has 1 aromatic heterocycles. The summed E-state index contributed by atoms with van der Waals surface area (Å²) in [4.78, 5) is 7.22. The van der Waals surface area contributed by atoms with Crippen molar-refractivity contribution in [3.05, 3.63) is 53.9 Å². The first-order valence-electron chi connectivity index (χ1n) is 11.0. The largest absolute Gasteiger partial charge is 0.383 e. The van der Waals surface area contributed by atoms with Crippen molar-refractivity contribution < 1.29 is 5.11 Å². The SMILES string of the molecule is CCNC(=NCC(C)(O)c1cnn(C)c1)NCC1CCCCN1Cc1ccccc1.I. The number of aryl methyl sites for hydroxylation is 1. The molecule has 1 fully saturated rings. The van der Waals surface area contributed by atoms with E-state index >= 15 is 0 Å². The number of aliphatic hydroxyl groups is 1. The summed E-state index contributed by atoms with van der Waals surface area (Å²) in [5.74, 6) is 0.742. The number of aliphatic imine (C=N–C) groups is 1. The van der Waals surface area contributed by atoms with Crippen LogP contribution in [0.3, 0.4) is 0 Å². The molecule has 172 valence electrons. The third-order valence-electron chi connectivity index (χ3n) is 5.70. The summed E-state index contributed by atoms with van der Waals surface area (Å²) in [5.41, 5.74) is 1.07. The Labute approximate surface area is 203 Å². The average molecular weight is 540 g/mol. The minimum atomic E-state index is -1.05. The fraction of sp³-hybridized carbons (Fsp3) is 0.565. The van der Waals surface area contributed by atoms with E-state index in [0.717, 1.165) is 37.7 Å². The summed E-state index contributed by atoms with van der Waals surface area (Å²) >= 11 is 0. The van der Waals surface area contributed by atoms with Crippen molar-refractivity contribution in [2.75, 3.05) is 26.2 Å². The lowest BCUT2D eigenvalue weighted by molar-refractivity contribution is 0.0671. The van der Waals surface area contributed by atoms with Crippen molar-refractivity contribution in [2.24, 2.45) is 12.0 Å². The van der Waals surface area contributed by atoms with Gasteiger partial charge in [-0.1, -0.05) is 36.8 Å². The van der Waals surface area contributed by atoms with Crippen LogP contribution in [0.25, 0.3) is 0 Å². The van der Waals surface area contributed by atoms with Crippen LogP contribution in [-0.4, -0.2) is 58.0 Å². The van der Waals surface area contributed by atoms with E-state index in [9.17, 15) is 5.11 Å². The molecule has 0 bridgehead atoms. The van der Waals surface area contributed by atoms with E-state index in [-0.39, 0.29) is 30.5 Å². The maximum Gasteiger partial charge on any atom is 0.191 e. The van der Waals surface area contributed by atoms with Crippen LogP contribution in [0.15, 0.2) is 47.7 Å². The summed E-state index contributed by atoms with van der Waals surface area (Å²) in [6, 6.07) is 11.2. The molecule has 31 heavy (non-hydrogen) atoms. The highest BCUT2D eigenvalue weighted by molar-refractivity contribution is 14.0. The zero-order valence-electron chi connectivity index (χ0n) is 18.9. The first-order valence-corrected chi connectivity index (χ1v) is 11.0. The molecule has 1 saturated heterocycles. The van der Waals surface area contributed by atoms with Crippen molar-refractivity contribution >= 4 is 29.9 Å². The molecule has 0 spiro atoms. The van der Waals surface area contributed by atoms with Crippen LogP contribution in [0.4, 0.5) is 0 Å². The van der Waals surface area contributed by atoms with Crippen molar-refractivity contribution in [3.63, 3.8) is 0 Å². The summed E-state index contributed by atoms with van der Waals surface area (Å²) in [7, 11) is 1.85. The van der Waals surface area contributed by atoms with E-state index in [1.807, 2.05) is 13.2 Å². The van der Waals surface area contributed by atoms with Crippen LogP contribution in [0.1, 0.15) is 44.2 Å². The molecule has 2 heterocycles. The highest BCUT2D eigenvalue weighted by atomic mass is 127. The first kappa shape index (κ1) is 25.6. The summed E-state index contributed by atoms with van der Waals surface area (Å²) in [5, 5.41) is 21.8. The predicted octanol–water partition coefficient (Wildman–Crippen LogP) is 2.86. The van der Waals surface area contributed by atoms with Crippen LogP contribution in [0, 0.1) is 0 Å². The Bertz CT molecular complexity index is 807. The quantitative estimate of drug-likeness (QED) is 0.273. The fourth-order valence-electron chi connectivity index (χ4n) is 3.90. The van der Waals surface area contributed by atoms with Gasteiger partial charge in [0.15, 0.2) is 5.96 Å². The number of piperidine rings is 1. The molecule has 0 radical (unpaired) electrons. The summed E-state index contributed by atoms with van der Waals surface area (Å²) in [6.07, 6.45) is 7.23. The second kappa shape index (κ2) is 12.4.